The topological polar surface area (TPSA) is 75.3 Å². The van der Waals surface area contributed by atoms with E-state index in [-0.39, 0.29) is 12.3 Å². The summed E-state index contributed by atoms with van der Waals surface area (Å²) in [7, 11) is -3.56. The Labute approximate surface area is 165 Å². The lowest BCUT2D eigenvalue weighted by Crippen LogP contribution is -2.46. The van der Waals surface area contributed by atoms with Crippen LogP contribution in [0.25, 0.3) is 0 Å². The van der Waals surface area contributed by atoms with Crippen molar-refractivity contribution in [1.82, 2.24) is 4.72 Å². The van der Waals surface area contributed by atoms with E-state index in [1.54, 1.807) is 62.4 Å². The molecule has 0 radical (unpaired) electrons. The number of rotatable bonds is 6. The predicted octanol–water partition coefficient (Wildman–Crippen LogP) is 3.98. The van der Waals surface area contributed by atoms with Gasteiger partial charge in [-0.3, -0.25) is 4.79 Å². The molecule has 7 heteroatoms. The number of alkyl halides is 1. The van der Waals surface area contributed by atoms with E-state index in [1.165, 1.54) is 0 Å². The number of sulfonamides is 1. The van der Waals surface area contributed by atoms with Crippen molar-refractivity contribution in [3.05, 3.63) is 65.7 Å². The van der Waals surface area contributed by atoms with Gasteiger partial charge >= 0.3 is 0 Å². The maximum atomic E-state index is 15.7. The van der Waals surface area contributed by atoms with Crippen molar-refractivity contribution in [1.29, 1.82) is 0 Å². The minimum Gasteiger partial charge on any atom is -0.322 e. The molecule has 150 valence electrons. The fourth-order valence-corrected chi connectivity index (χ4v) is 4.40. The molecule has 2 aromatic carbocycles. The Bertz CT molecular complexity index is 930. The summed E-state index contributed by atoms with van der Waals surface area (Å²) < 4.78 is 42.7. The molecule has 0 spiro atoms. The normalized spacial score (nSPS) is 22.4. The molecule has 2 atom stereocenters. The SMILES string of the molecule is CC(C)S(=O)(=O)N[C@H]1CCC[C@]1(F)c1ccc(NC(=O)c2ccccc2)cc1. The van der Waals surface area contributed by atoms with Crippen LogP contribution in [0.15, 0.2) is 54.6 Å². The highest BCUT2D eigenvalue weighted by Crippen LogP contribution is 2.43. The Hall–Kier alpha value is -2.25. The zero-order valence-electron chi connectivity index (χ0n) is 16.0. The van der Waals surface area contributed by atoms with Gasteiger partial charge in [-0.25, -0.2) is 17.5 Å². The Balaban J connectivity index is 1.75. The number of benzene rings is 2. The molecule has 0 unspecified atom stereocenters. The largest absolute Gasteiger partial charge is 0.322 e. The zero-order chi connectivity index (χ0) is 20.4. The molecule has 0 bridgehead atoms. The van der Waals surface area contributed by atoms with Gasteiger partial charge in [0.05, 0.1) is 11.3 Å². The van der Waals surface area contributed by atoms with Crippen molar-refractivity contribution in [3.8, 4) is 0 Å². The number of halogens is 1. The average Bonchev–Trinajstić information content (AvgIpc) is 3.04. The lowest BCUT2D eigenvalue weighted by molar-refractivity contribution is 0.102. The third-order valence-electron chi connectivity index (χ3n) is 5.17. The quantitative estimate of drug-likeness (QED) is 0.765. The van der Waals surface area contributed by atoms with Crippen LogP contribution in [0, 0.1) is 0 Å². The van der Waals surface area contributed by atoms with E-state index in [0.29, 0.717) is 29.7 Å². The summed E-state index contributed by atoms with van der Waals surface area (Å²) in [6, 6.07) is 14.5. The molecule has 0 saturated heterocycles. The molecule has 3 rings (SSSR count). The zero-order valence-corrected chi connectivity index (χ0v) is 16.8. The molecule has 2 N–H and O–H groups in total. The van der Waals surface area contributed by atoms with Gasteiger partial charge in [0, 0.05) is 11.3 Å². The van der Waals surface area contributed by atoms with E-state index < -0.39 is 27.0 Å². The van der Waals surface area contributed by atoms with E-state index in [4.69, 9.17) is 0 Å². The fraction of sp³-hybridized carbons (Fsp3) is 0.381. The Kier molecular flexibility index (Phi) is 5.86. The van der Waals surface area contributed by atoms with Gasteiger partial charge in [-0.1, -0.05) is 30.3 Å². The molecule has 1 amide bonds. The van der Waals surface area contributed by atoms with Gasteiger partial charge in [0.15, 0.2) is 5.67 Å². The van der Waals surface area contributed by atoms with Gasteiger partial charge in [-0.15, -0.1) is 0 Å². The van der Waals surface area contributed by atoms with E-state index in [2.05, 4.69) is 10.0 Å². The molecule has 1 aliphatic carbocycles. The summed E-state index contributed by atoms with van der Waals surface area (Å²) in [4.78, 5) is 12.2. The van der Waals surface area contributed by atoms with Gasteiger partial charge in [-0.05, 0) is 62.9 Å². The molecule has 1 saturated carbocycles. The first-order valence-electron chi connectivity index (χ1n) is 9.39. The van der Waals surface area contributed by atoms with Crippen LogP contribution in [-0.2, 0) is 15.7 Å². The smallest absolute Gasteiger partial charge is 0.255 e. The molecular weight excluding hydrogens is 379 g/mol. The minimum atomic E-state index is -3.56. The van der Waals surface area contributed by atoms with Crippen molar-refractivity contribution in [2.75, 3.05) is 5.32 Å². The molecule has 2 aromatic rings. The van der Waals surface area contributed by atoms with Crippen LogP contribution in [0.3, 0.4) is 0 Å². The minimum absolute atomic E-state index is 0.244. The van der Waals surface area contributed by atoms with Crippen LogP contribution in [-0.4, -0.2) is 25.6 Å². The van der Waals surface area contributed by atoms with Gasteiger partial charge < -0.3 is 5.32 Å². The van der Waals surface area contributed by atoms with E-state index in [1.807, 2.05) is 6.07 Å². The fourth-order valence-electron chi connectivity index (χ4n) is 3.42. The highest BCUT2D eigenvalue weighted by atomic mass is 32.2. The highest BCUT2D eigenvalue weighted by Gasteiger charge is 2.46. The second kappa shape index (κ2) is 8.01. The molecule has 1 aliphatic rings. The Morgan fingerprint density at radius 2 is 1.75 bits per heavy atom. The first kappa shape index (κ1) is 20.5. The van der Waals surface area contributed by atoms with Crippen molar-refractivity contribution in [2.24, 2.45) is 0 Å². The standard InChI is InChI=1S/C21H25FN2O3S/c1-15(2)28(26,27)24-19-9-6-14-21(19,22)17-10-12-18(13-11-17)23-20(25)16-7-4-3-5-8-16/h3-5,7-8,10-13,15,19,24H,6,9,14H2,1-2H3,(H,23,25)/t19-,21-/m0/s1. The number of hydrogen-bond acceptors (Lipinski definition) is 3. The maximum Gasteiger partial charge on any atom is 0.255 e. The number of carbonyl (C=O) groups is 1. The third kappa shape index (κ3) is 4.25. The summed E-state index contributed by atoms with van der Waals surface area (Å²) in [5.74, 6) is -0.244. The molecule has 0 heterocycles. The average molecular weight is 405 g/mol. The third-order valence-corrected chi connectivity index (χ3v) is 7.03. The van der Waals surface area contributed by atoms with Gasteiger partial charge in [0.1, 0.15) is 0 Å². The predicted molar refractivity (Wildman–Crippen MR) is 108 cm³/mol. The van der Waals surface area contributed by atoms with Crippen LogP contribution in [0.5, 0.6) is 0 Å². The number of amides is 1. The number of hydrogen-bond donors (Lipinski definition) is 2. The number of nitrogens with one attached hydrogen (secondary N) is 2. The van der Waals surface area contributed by atoms with Crippen LogP contribution in [0.1, 0.15) is 49.0 Å². The Morgan fingerprint density at radius 3 is 2.36 bits per heavy atom. The molecule has 1 fully saturated rings. The van der Waals surface area contributed by atoms with E-state index in [9.17, 15) is 13.2 Å². The van der Waals surface area contributed by atoms with Crippen LogP contribution < -0.4 is 10.0 Å². The van der Waals surface area contributed by atoms with Crippen molar-refractivity contribution in [3.63, 3.8) is 0 Å². The summed E-state index contributed by atoms with van der Waals surface area (Å²) in [6.07, 6.45) is 1.32. The van der Waals surface area contributed by atoms with Crippen molar-refractivity contribution < 1.29 is 17.6 Å². The van der Waals surface area contributed by atoms with Crippen LogP contribution >= 0.6 is 0 Å². The summed E-state index contributed by atoms with van der Waals surface area (Å²) >= 11 is 0. The molecule has 28 heavy (non-hydrogen) atoms. The van der Waals surface area contributed by atoms with Crippen molar-refractivity contribution in [2.45, 2.75) is 50.1 Å². The number of carbonyl (C=O) groups excluding carboxylic acids is 1. The lowest BCUT2D eigenvalue weighted by atomic mass is 9.91. The first-order valence-corrected chi connectivity index (χ1v) is 10.9. The summed E-state index contributed by atoms with van der Waals surface area (Å²) in [5, 5.41) is 2.16. The second-order valence-electron chi connectivity index (χ2n) is 7.42. The van der Waals surface area contributed by atoms with Crippen molar-refractivity contribution >= 4 is 21.6 Å². The van der Waals surface area contributed by atoms with Crippen LogP contribution in [0.4, 0.5) is 10.1 Å². The molecule has 5 nitrogen and oxygen atoms in total. The van der Waals surface area contributed by atoms with Gasteiger partial charge in [-0.2, -0.15) is 0 Å². The Morgan fingerprint density at radius 1 is 1.11 bits per heavy atom. The summed E-state index contributed by atoms with van der Waals surface area (Å²) in [5.41, 5.74) is -0.255. The summed E-state index contributed by atoms with van der Waals surface area (Å²) in [6.45, 7) is 3.14. The second-order valence-corrected chi connectivity index (χ2v) is 9.68. The van der Waals surface area contributed by atoms with E-state index >= 15 is 4.39 Å². The molecule has 0 aliphatic heterocycles. The maximum absolute atomic E-state index is 15.7. The molecule has 0 aromatic heterocycles. The monoisotopic (exact) mass is 404 g/mol. The lowest BCUT2D eigenvalue weighted by Gasteiger charge is -2.29. The van der Waals surface area contributed by atoms with Gasteiger partial charge in [0.2, 0.25) is 10.0 Å². The van der Waals surface area contributed by atoms with Crippen LogP contribution in [0.2, 0.25) is 0 Å². The molecular formula is C21H25FN2O3S. The highest BCUT2D eigenvalue weighted by molar-refractivity contribution is 7.90. The first-order chi connectivity index (χ1) is 13.2. The van der Waals surface area contributed by atoms with E-state index in [0.717, 1.165) is 0 Å². The van der Waals surface area contributed by atoms with Gasteiger partial charge in [0.25, 0.3) is 5.91 Å². The number of anilines is 1.